The summed E-state index contributed by atoms with van der Waals surface area (Å²) in [4.78, 5) is 77.4. The Morgan fingerprint density at radius 2 is 1.03 bits per heavy atom. The molecule has 4 aromatic rings. The van der Waals surface area contributed by atoms with Crippen LogP contribution in [-0.4, -0.2) is 111 Å². The second kappa shape index (κ2) is 35.5. The predicted molar refractivity (Wildman–Crippen MR) is 270 cm³/mol. The van der Waals surface area contributed by atoms with Crippen molar-refractivity contribution in [3.8, 4) is 0 Å². The molecule has 2 fully saturated rings. The van der Waals surface area contributed by atoms with Gasteiger partial charge in [0.2, 0.25) is 5.97 Å². The zero-order chi connectivity index (χ0) is 50.4. The van der Waals surface area contributed by atoms with Crippen LogP contribution < -0.4 is 34.9 Å². The van der Waals surface area contributed by atoms with E-state index in [0.29, 0.717) is 12.0 Å². The number of halogens is 2. The number of hydrogen-bond donors (Lipinski definition) is 1. The number of carbonyl (C=O) groups excluding carboxylic acids is 6. The number of rotatable bonds is 11. The summed E-state index contributed by atoms with van der Waals surface area (Å²) in [6.45, 7) is 19.5. The second-order valence-corrected chi connectivity index (χ2v) is 16.5. The number of amides is 2. The van der Waals surface area contributed by atoms with E-state index in [2.05, 4.69) is 69.0 Å². The minimum Gasteiger partial charge on any atom is -0.793 e. The SMILES string of the molecule is CC(=O)OOC(C)=O.CCN(CC)C(=O)c1ccc(C(Br)=C2CCN(Cc3ccco3)CC2)cc1.CCN(CC)C(=O)c1ccc(C(Br)=C2CCNCC2)cc1.O=Cc1ccco1.[B-]OC(C)=O.[Na+]. The molecule has 3 radical (unpaired) electrons. The van der Waals surface area contributed by atoms with Crippen molar-refractivity contribution in [3.05, 3.63) is 130 Å². The maximum Gasteiger partial charge on any atom is 1.00 e. The van der Waals surface area contributed by atoms with E-state index in [4.69, 9.17) is 4.42 Å². The maximum absolute atomic E-state index is 12.4. The van der Waals surface area contributed by atoms with Crippen molar-refractivity contribution >= 4 is 84.9 Å². The first-order valence-electron chi connectivity index (χ1n) is 22.3. The van der Waals surface area contributed by atoms with Crippen molar-refractivity contribution in [2.24, 2.45) is 0 Å². The molecular weight excluding hydrogens is 1030 g/mol. The Kier molecular flexibility index (Phi) is 32.2. The summed E-state index contributed by atoms with van der Waals surface area (Å²) in [5.41, 5.74) is 6.70. The fraction of sp³-hybridized carbons (Fsp3) is 0.400. The number of aldehydes is 1. The fourth-order valence-corrected chi connectivity index (χ4v) is 7.88. The van der Waals surface area contributed by atoms with Crippen LogP contribution in [0.1, 0.15) is 122 Å². The molecule has 0 atom stereocenters. The normalized spacial score (nSPS) is 12.7. The molecular formula is C50H63BBr2N4NaO11. The maximum atomic E-state index is 12.4. The van der Waals surface area contributed by atoms with Crippen LogP contribution in [0.3, 0.4) is 0 Å². The molecule has 19 heteroatoms. The molecule has 15 nitrogen and oxygen atoms in total. The van der Waals surface area contributed by atoms with E-state index in [1.54, 1.807) is 18.4 Å². The average molecular weight is 1090 g/mol. The van der Waals surface area contributed by atoms with E-state index in [0.717, 1.165) is 126 Å². The van der Waals surface area contributed by atoms with E-state index >= 15 is 0 Å². The zero-order valence-corrected chi connectivity index (χ0v) is 46.2. The number of nitrogens with zero attached hydrogens (tertiary/aromatic N) is 3. The van der Waals surface area contributed by atoms with Gasteiger partial charge in [0, 0.05) is 80.1 Å². The number of piperidine rings is 2. The van der Waals surface area contributed by atoms with Crippen molar-refractivity contribution < 1.29 is 81.6 Å². The first kappa shape index (κ1) is 62.5. The molecule has 2 amide bonds. The van der Waals surface area contributed by atoms with Crippen molar-refractivity contribution in [1.29, 1.82) is 0 Å². The van der Waals surface area contributed by atoms with Crippen LogP contribution in [0.25, 0.3) is 8.96 Å². The summed E-state index contributed by atoms with van der Waals surface area (Å²) >= 11 is 7.52. The molecule has 1 N–H and O–H groups in total. The molecule has 0 spiro atoms. The van der Waals surface area contributed by atoms with Gasteiger partial charge in [-0.1, -0.05) is 67.3 Å². The van der Waals surface area contributed by atoms with Crippen molar-refractivity contribution in [3.63, 3.8) is 0 Å². The standard InChI is InChI=1S/C22H27BrN2O2.C17H23BrN2O.C5H4O2.C4H6O4.C2H3BO2.Na/c1-3-25(4-2)22(26)19-9-7-17(8-10-19)21(23)18-11-13-24(14-12-18)16-20-6-5-15-27-20;1-3-20(4-2)17(21)15-7-5-13(6-8-15)16(18)14-9-11-19-12-10-14;6-4-5-2-1-3-7-5;1-3(5)7-8-4(2)6;1-2(4)5-3;/h5-10,15H,3-4,11-14,16H2,1-2H3;5-8,19H,3-4,9-12H2,1-2H3;1-4H;1-2H3;1H3;/q;;;;-1;+1. The van der Waals surface area contributed by atoms with Crippen molar-refractivity contribution in [1.82, 2.24) is 20.0 Å². The molecule has 6 rings (SSSR count). The van der Waals surface area contributed by atoms with E-state index in [1.165, 1.54) is 33.3 Å². The topological polar surface area (TPSA) is 178 Å². The largest absolute Gasteiger partial charge is 1.00 e. The molecule has 4 heterocycles. The van der Waals surface area contributed by atoms with Gasteiger partial charge in [0.15, 0.2) is 12.0 Å². The molecule has 2 aliphatic rings. The van der Waals surface area contributed by atoms with E-state index in [-0.39, 0.29) is 41.4 Å². The molecule has 2 aromatic carbocycles. The molecule has 2 saturated heterocycles. The number of carbonyl (C=O) groups is 6. The smallest absolute Gasteiger partial charge is 0.793 e. The van der Waals surface area contributed by atoms with Gasteiger partial charge >= 0.3 is 41.5 Å². The van der Waals surface area contributed by atoms with Crippen LogP contribution in [0.5, 0.6) is 0 Å². The summed E-state index contributed by atoms with van der Waals surface area (Å²) in [5, 5.41) is 3.37. The van der Waals surface area contributed by atoms with Crippen LogP contribution in [0.15, 0.2) is 105 Å². The Hall–Kier alpha value is -4.56. The van der Waals surface area contributed by atoms with Gasteiger partial charge in [-0.15, -0.1) is 0 Å². The second-order valence-electron chi connectivity index (χ2n) is 14.9. The van der Waals surface area contributed by atoms with Gasteiger partial charge in [0.25, 0.3) is 11.8 Å². The van der Waals surface area contributed by atoms with Gasteiger partial charge in [-0.2, -0.15) is 0 Å². The van der Waals surface area contributed by atoms with Gasteiger partial charge in [-0.3, -0.25) is 24.1 Å². The molecule has 0 bridgehead atoms. The summed E-state index contributed by atoms with van der Waals surface area (Å²) in [6.07, 6.45) is 8.11. The molecule has 0 aliphatic carbocycles. The summed E-state index contributed by atoms with van der Waals surface area (Å²) in [6, 6.07) is 23.1. The monoisotopic (exact) mass is 1090 g/mol. The molecule has 0 unspecified atom stereocenters. The summed E-state index contributed by atoms with van der Waals surface area (Å²) in [7, 11) is 4.32. The Balaban J connectivity index is 0.000000496. The Bertz CT molecular complexity index is 2180. The quantitative estimate of drug-likeness (QED) is 0.0739. The zero-order valence-electron chi connectivity index (χ0n) is 41.0. The fourth-order valence-electron chi connectivity index (χ4n) is 6.56. The number of benzene rings is 2. The number of likely N-dealkylation sites (tertiary alicyclic amines) is 1. The van der Waals surface area contributed by atoms with Crippen molar-refractivity contribution in [2.45, 2.75) is 80.7 Å². The van der Waals surface area contributed by atoms with Gasteiger partial charge in [0.05, 0.1) is 19.1 Å². The third-order valence-corrected chi connectivity index (χ3v) is 12.3. The third-order valence-electron chi connectivity index (χ3n) is 10.2. The third kappa shape index (κ3) is 23.7. The van der Waals surface area contributed by atoms with E-state index in [9.17, 15) is 28.8 Å². The summed E-state index contributed by atoms with van der Waals surface area (Å²) < 4.78 is 16.0. The minimum atomic E-state index is -0.639. The van der Waals surface area contributed by atoms with Crippen LogP contribution in [-0.2, 0) is 35.4 Å². The minimum absolute atomic E-state index is 0. The molecule has 2 aliphatic heterocycles. The molecule has 2 aromatic heterocycles. The van der Waals surface area contributed by atoms with Gasteiger partial charge < -0.3 is 36.7 Å². The number of furan rings is 2. The number of nitrogens with one attached hydrogen (secondary N) is 1. The number of hydrogen-bond acceptors (Lipinski definition) is 13. The predicted octanol–water partition coefficient (Wildman–Crippen LogP) is 6.58. The molecule has 367 valence electrons. The van der Waals surface area contributed by atoms with Crippen LogP contribution >= 0.6 is 31.9 Å². The Morgan fingerprint density at radius 3 is 1.35 bits per heavy atom. The van der Waals surface area contributed by atoms with Crippen LogP contribution in [0, 0.1) is 0 Å². The van der Waals surface area contributed by atoms with Gasteiger partial charge in [0.1, 0.15) is 5.76 Å². The Labute approximate surface area is 446 Å². The van der Waals surface area contributed by atoms with Gasteiger partial charge in [-0.25, -0.2) is 19.4 Å². The van der Waals surface area contributed by atoms with Crippen molar-refractivity contribution in [2.75, 3.05) is 52.4 Å². The Morgan fingerprint density at radius 1 is 0.638 bits per heavy atom. The average Bonchev–Trinajstić information content (AvgIpc) is 4.11. The molecule has 69 heavy (non-hydrogen) atoms. The van der Waals surface area contributed by atoms with Crippen LogP contribution in [0.4, 0.5) is 0 Å². The van der Waals surface area contributed by atoms with E-state index in [1.807, 2.05) is 98.2 Å². The first-order chi connectivity index (χ1) is 32.6. The van der Waals surface area contributed by atoms with Gasteiger partial charge in [-0.05, 0) is 126 Å². The van der Waals surface area contributed by atoms with E-state index < -0.39 is 17.9 Å². The summed E-state index contributed by atoms with van der Waals surface area (Å²) in [5.74, 6) is -0.140. The molecule has 0 saturated carbocycles. The first-order valence-corrected chi connectivity index (χ1v) is 23.9. The van der Waals surface area contributed by atoms with Crippen LogP contribution in [0.2, 0.25) is 0 Å².